The molecule has 0 radical (unpaired) electrons. The van der Waals surface area contributed by atoms with Gasteiger partial charge in [0.25, 0.3) is 0 Å². The van der Waals surface area contributed by atoms with Crippen LogP contribution in [0.3, 0.4) is 0 Å². The average molecular weight is 639 g/mol. The lowest BCUT2D eigenvalue weighted by atomic mass is 10.0. The van der Waals surface area contributed by atoms with Crippen molar-refractivity contribution < 1.29 is 15.3 Å². The zero-order valence-electron chi connectivity index (χ0n) is 26.8. The van der Waals surface area contributed by atoms with E-state index in [2.05, 4.69) is 19.8 Å². The van der Waals surface area contributed by atoms with Crippen molar-refractivity contribution >= 4 is 22.1 Å². The third kappa shape index (κ3) is 7.02. The second-order valence-corrected chi connectivity index (χ2v) is 12.4. The predicted octanol–water partition coefficient (Wildman–Crippen LogP) is 7.27. The molecule has 0 amide bonds. The highest BCUT2D eigenvalue weighted by Crippen LogP contribution is 2.31. The summed E-state index contributed by atoms with van der Waals surface area (Å²) in [4.78, 5) is 20.8. The number of phenols is 3. The quantitative estimate of drug-likeness (QED) is 0.0954. The van der Waals surface area contributed by atoms with Crippen molar-refractivity contribution in [3.05, 3.63) is 149 Å². The van der Waals surface area contributed by atoms with Gasteiger partial charge >= 0.3 is 0 Å². The number of H-pyrrole nitrogens is 2. The van der Waals surface area contributed by atoms with Crippen LogP contribution >= 0.6 is 0 Å². The number of aromatic amines is 2. The van der Waals surface area contributed by atoms with Crippen molar-refractivity contribution in [3.8, 4) is 17.2 Å². The molecule has 0 saturated heterocycles. The molecule has 7 rings (SSSR count). The van der Waals surface area contributed by atoms with E-state index in [0.29, 0.717) is 39.3 Å². The lowest BCUT2D eigenvalue weighted by molar-refractivity contribution is 0.229. The van der Waals surface area contributed by atoms with Crippen molar-refractivity contribution in [1.29, 1.82) is 0 Å². The number of imidazole rings is 2. The highest BCUT2D eigenvalue weighted by molar-refractivity contribution is 5.75. The monoisotopic (exact) mass is 638 g/mol. The minimum atomic E-state index is 0.222. The van der Waals surface area contributed by atoms with Crippen molar-refractivity contribution in [2.45, 2.75) is 46.2 Å². The van der Waals surface area contributed by atoms with Crippen LogP contribution < -0.4 is 0 Å². The molecular formula is C39H38N6O3. The van der Waals surface area contributed by atoms with Crippen LogP contribution in [0.25, 0.3) is 22.1 Å². The highest BCUT2D eigenvalue weighted by atomic mass is 16.3. The molecule has 5 N–H and O–H groups in total. The third-order valence-electron chi connectivity index (χ3n) is 8.59. The Morgan fingerprint density at radius 2 is 0.896 bits per heavy atom. The molecule has 0 aliphatic heterocycles. The Labute approximate surface area is 278 Å². The van der Waals surface area contributed by atoms with Crippen LogP contribution in [-0.2, 0) is 39.3 Å². The number of aryl methyl sites for hydroxylation is 1. The Balaban J connectivity index is 1.19. The molecule has 48 heavy (non-hydrogen) atoms. The Morgan fingerprint density at radius 1 is 0.500 bits per heavy atom. The van der Waals surface area contributed by atoms with E-state index in [9.17, 15) is 15.3 Å². The van der Waals surface area contributed by atoms with Crippen molar-refractivity contribution in [3.63, 3.8) is 0 Å². The summed E-state index contributed by atoms with van der Waals surface area (Å²) in [6.07, 6.45) is 0. The molecule has 9 heteroatoms. The van der Waals surface area contributed by atoms with Gasteiger partial charge in [-0.25, -0.2) is 9.97 Å². The summed E-state index contributed by atoms with van der Waals surface area (Å²) in [6, 6.07) is 34.6. The van der Waals surface area contributed by atoms with Gasteiger partial charge in [0.2, 0.25) is 0 Å². The number of phenolic OH excluding ortho intramolecular Hbond substituents is 3. The molecule has 9 nitrogen and oxygen atoms in total. The first-order valence-electron chi connectivity index (χ1n) is 16.0. The molecule has 7 aromatic rings. The SMILES string of the molecule is Cc1cc(CN(Cc2nc3ccccc3[nH]2)Cc2ccccc2O)c(O)c(CN(Cc2nc3ccccc3[nH]2)Cc2ccccc2O)c1. The average Bonchev–Trinajstić information content (AvgIpc) is 3.68. The van der Waals surface area contributed by atoms with Crippen molar-refractivity contribution in [1.82, 2.24) is 29.7 Å². The van der Waals surface area contributed by atoms with Crippen molar-refractivity contribution in [2.24, 2.45) is 0 Å². The smallest absolute Gasteiger partial charge is 0.124 e. The minimum absolute atomic E-state index is 0.222. The molecule has 0 aliphatic carbocycles. The van der Waals surface area contributed by atoms with E-state index >= 15 is 0 Å². The molecular weight excluding hydrogens is 600 g/mol. The van der Waals surface area contributed by atoms with Crippen LogP contribution in [-0.4, -0.2) is 45.1 Å². The van der Waals surface area contributed by atoms with Gasteiger partial charge in [0.05, 0.1) is 35.2 Å². The molecule has 0 aliphatic rings. The summed E-state index contributed by atoms with van der Waals surface area (Å²) >= 11 is 0. The van der Waals surface area contributed by atoms with Gasteiger partial charge in [-0.05, 0) is 43.3 Å². The molecule has 0 atom stereocenters. The molecule has 2 heterocycles. The first kappa shape index (κ1) is 31.0. The second-order valence-electron chi connectivity index (χ2n) is 12.4. The van der Waals surface area contributed by atoms with Crippen LogP contribution in [0.1, 0.15) is 39.5 Å². The Kier molecular flexibility index (Phi) is 8.78. The number of hydrogen-bond acceptors (Lipinski definition) is 7. The fourth-order valence-electron chi connectivity index (χ4n) is 6.35. The van der Waals surface area contributed by atoms with Gasteiger partial charge in [-0.2, -0.15) is 0 Å². The largest absolute Gasteiger partial charge is 0.508 e. The highest BCUT2D eigenvalue weighted by Gasteiger charge is 2.20. The Hall–Kier alpha value is -5.64. The zero-order valence-corrected chi connectivity index (χ0v) is 26.8. The van der Waals surface area contributed by atoms with Crippen LogP contribution in [0.4, 0.5) is 0 Å². The van der Waals surface area contributed by atoms with Gasteiger partial charge in [-0.1, -0.05) is 78.4 Å². The number of hydrogen-bond donors (Lipinski definition) is 5. The van der Waals surface area contributed by atoms with Crippen LogP contribution in [0.15, 0.2) is 109 Å². The van der Waals surface area contributed by atoms with Gasteiger partial charge in [0.15, 0.2) is 0 Å². The van der Waals surface area contributed by atoms with Crippen molar-refractivity contribution in [2.75, 3.05) is 0 Å². The van der Waals surface area contributed by atoms with Gasteiger partial charge < -0.3 is 25.3 Å². The molecule has 0 saturated carbocycles. The zero-order chi connectivity index (χ0) is 33.0. The lowest BCUT2D eigenvalue weighted by Crippen LogP contribution is -2.25. The molecule has 0 fully saturated rings. The number of fused-ring (bicyclic) bond motifs is 2. The standard InChI is InChI=1S/C39H38N6O3/c1-26-18-29(22-44(20-27-10-2-8-16-35(27)46)24-37-40-31-12-4-5-13-32(31)41-37)39(48)30(19-26)23-45(21-28-11-3-9-17-36(28)47)25-38-42-33-14-6-7-15-34(33)43-38/h2-19,46-48H,20-25H2,1H3,(H,40,41)(H,42,43). The molecule has 2 aromatic heterocycles. The molecule has 0 unspecified atom stereocenters. The van der Waals surface area contributed by atoms with Gasteiger partial charge in [-0.15, -0.1) is 0 Å². The maximum atomic E-state index is 11.8. The van der Waals surface area contributed by atoms with Crippen LogP contribution in [0.2, 0.25) is 0 Å². The summed E-state index contributed by atoms with van der Waals surface area (Å²) in [5, 5.41) is 33.1. The molecule has 0 bridgehead atoms. The number of aromatic nitrogens is 4. The first-order valence-corrected chi connectivity index (χ1v) is 16.0. The Bertz CT molecular complexity index is 1970. The van der Waals surface area contributed by atoms with E-state index in [4.69, 9.17) is 9.97 Å². The number of nitrogens with zero attached hydrogens (tertiary/aromatic N) is 4. The molecule has 0 spiro atoms. The number of rotatable bonds is 12. The van der Waals surface area contributed by atoms with E-state index in [0.717, 1.165) is 61.5 Å². The Morgan fingerprint density at radius 3 is 1.33 bits per heavy atom. The van der Waals surface area contributed by atoms with Gasteiger partial charge in [-0.3, -0.25) is 9.80 Å². The lowest BCUT2D eigenvalue weighted by Gasteiger charge is -2.25. The van der Waals surface area contributed by atoms with E-state index in [-0.39, 0.29) is 17.2 Å². The summed E-state index contributed by atoms with van der Waals surface area (Å²) in [5.41, 5.74) is 7.88. The summed E-state index contributed by atoms with van der Waals surface area (Å²) in [7, 11) is 0. The van der Waals surface area contributed by atoms with E-state index in [1.54, 1.807) is 12.1 Å². The van der Waals surface area contributed by atoms with Crippen LogP contribution in [0, 0.1) is 6.92 Å². The normalized spacial score (nSPS) is 11.7. The van der Waals surface area contributed by atoms with Crippen LogP contribution in [0.5, 0.6) is 17.2 Å². The van der Waals surface area contributed by atoms with E-state index in [1.807, 2.05) is 104 Å². The maximum Gasteiger partial charge on any atom is 0.124 e. The maximum absolute atomic E-state index is 11.8. The second kappa shape index (κ2) is 13.6. The number of benzene rings is 5. The topological polar surface area (TPSA) is 125 Å². The first-order chi connectivity index (χ1) is 23.4. The summed E-state index contributed by atoms with van der Waals surface area (Å²) < 4.78 is 0. The van der Waals surface area contributed by atoms with E-state index < -0.39 is 0 Å². The number of para-hydroxylation sites is 6. The molecule has 242 valence electrons. The third-order valence-corrected chi connectivity index (χ3v) is 8.59. The fourth-order valence-corrected chi connectivity index (χ4v) is 6.35. The van der Waals surface area contributed by atoms with Gasteiger partial charge in [0, 0.05) is 48.4 Å². The van der Waals surface area contributed by atoms with E-state index in [1.165, 1.54) is 0 Å². The molecule has 5 aromatic carbocycles. The number of aromatic hydroxyl groups is 3. The predicted molar refractivity (Wildman–Crippen MR) is 187 cm³/mol. The summed E-state index contributed by atoms with van der Waals surface area (Å²) in [6.45, 7) is 4.76. The number of nitrogens with one attached hydrogen (secondary N) is 2. The van der Waals surface area contributed by atoms with Gasteiger partial charge in [0.1, 0.15) is 28.9 Å². The summed E-state index contributed by atoms with van der Waals surface area (Å²) in [5.74, 6) is 2.29. The minimum Gasteiger partial charge on any atom is -0.508 e. The fraction of sp³-hybridized carbons (Fsp3) is 0.179.